The minimum atomic E-state index is 0.558. The molecule has 0 unspecified atom stereocenters. The topological polar surface area (TPSA) is 12.0 Å². The molecule has 2 fully saturated rings. The van der Waals surface area contributed by atoms with Gasteiger partial charge in [0, 0.05) is 5.54 Å². The normalized spacial score (nSPS) is 29.2. The number of hydrogen-bond acceptors (Lipinski definition) is 1. The summed E-state index contributed by atoms with van der Waals surface area (Å²) in [5.74, 6) is 1.01. The third-order valence-corrected chi connectivity index (χ3v) is 3.29. The standard InChI is InChI=1S/C10H19N/c1-10(6-7-10)11-8-9-4-2-3-5-9/h9,11H,2-8H2,1H3. The zero-order chi connectivity index (χ0) is 7.73. The molecule has 0 aliphatic heterocycles. The van der Waals surface area contributed by atoms with Crippen LogP contribution in [0.5, 0.6) is 0 Å². The van der Waals surface area contributed by atoms with Crippen LogP contribution in [-0.4, -0.2) is 12.1 Å². The van der Waals surface area contributed by atoms with Crippen molar-refractivity contribution in [2.24, 2.45) is 5.92 Å². The van der Waals surface area contributed by atoms with E-state index in [2.05, 4.69) is 12.2 Å². The first-order valence-corrected chi connectivity index (χ1v) is 5.04. The van der Waals surface area contributed by atoms with Gasteiger partial charge < -0.3 is 5.32 Å². The van der Waals surface area contributed by atoms with Gasteiger partial charge in [0.1, 0.15) is 0 Å². The summed E-state index contributed by atoms with van der Waals surface area (Å²) in [6.07, 6.45) is 8.71. The summed E-state index contributed by atoms with van der Waals surface area (Å²) in [5.41, 5.74) is 0.558. The van der Waals surface area contributed by atoms with Crippen LogP contribution in [0.2, 0.25) is 0 Å². The van der Waals surface area contributed by atoms with Crippen LogP contribution in [0.3, 0.4) is 0 Å². The van der Waals surface area contributed by atoms with Crippen LogP contribution < -0.4 is 5.32 Å². The lowest BCUT2D eigenvalue weighted by molar-refractivity contribution is 0.436. The van der Waals surface area contributed by atoms with E-state index < -0.39 is 0 Å². The number of rotatable bonds is 3. The highest BCUT2D eigenvalue weighted by Crippen LogP contribution is 2.35. The molecule has 1 nitrogen and oxygen atoms in total. The van der Waals surface area contributed by atoms with Crippen molar-refractivity contribution >= 4 is 0 Å². The minimum Gasteiger partial charge on any atom is -0.311 e. The van der Waals surface area contributed by atoms with Gasteiger partial charge in [0.25, 0.3) is 0 Å². The second-order valence-electron chi connectivity index (χ2n) is 4.59. The van der Waals surface area contributed by atoms with Crippen LogP contribution in [-0.2, 0) is 0 Å². The quantitative estimate of drug-likeness (QED) is 0.656. The molecule has 11 heavy (non-hydrogen) atoms. The Kier molecular flexibility index (Phi) is 1.92. The fourth-order valence-electron chi connectivity index (χ4n) is 1.97. The first-order valence-electron chi connectivity index (χ1n) is 5.04. The Hall–Kier alpha value is -0.0400. The first-order chi connectivity index (χ1) is 5.29. The lowest BCUT2D eigenvalue weighted by atomic mass is 10.1. The molecule has 0 bridgehead atoms. The van der Waals surface area contributed by atoms with E-state index in [1.807, 2.05) is 0 Å². The predicted molar refractivity (Wildman–Crippen MR) is 47.6 cm³/mol. The monoisotopic (exact) mass is 153 g/mol. The second kappa shape index (κ2) is 2.78. The van der Waals surface area contributed by atoms with Crippen molar-refractivity contribution in [3.63, 3.8) is 0 Å². The van der Waals surface area contributed by atoms with Gasteiger partial charge in [-0.2, -0.15) is 0 Å². The van der Waals surface area contributed by atoms with E-state index in [9.17, 15) is 0 Å². The molecular weight excluding hydrogens is 134 g/mol. The molecule has 0 heterocycles. The van der Waals surface area contributed by atoms with Gasteiger partial charge in [-0.15, -0.1) is 0 Å². The molecule has 1 heteroatoms. The maximum atomic E-state index is 3.67. The SMILES string of the molecule is CC1(NCC2CCCC2)CC1. The third-order valence-electron chi connectivity index (χ3n) is 3.29. The smallest absolute Gasteiger partial charge is 0.0154 e. The fourth-order valence-corrected chi connectivity index (χ4v) is 1.97. The maximum Gasteiger partial charge on any atom is 0.0154 e. The van der Waals surface area contributed by atoms with Crippen molar-refractivity contribution in [1.29, 1.82) is 0 Å². The number of hydrogen-bond donors (Lipinski definition) is 1. The van der Waals surface area contributed by atoms with Crippen molar-refractivity contribution in [2.75, 3.05) is 6.54 Å². The van der Waals surface area contributed by atoms with E-state index in [-0.39, 0.29) is 0 Å². The molecule has 64 valence electrons. The molecule has 0 saturated heterocycles. The molecule has 0 radical (unpaired) electrons. The van der Waals surface area contributed by atoms with Crippen LogP contribution >= 0.6 is 0 Å². The Morgan fingerprint density at radius 1 is 1.27 bits per heavy atom. The van der Waals surface area contributed by atoms with Crippen molar-refractivity contribution in [2.45, 2.75) is 51.0 Å². The van der Waals surface area contributed by atoms with Gasteiger partial charge >= 0.3 is 0 Å². The molecule has 2 saturated carbocycles. The third kappa shape index (κ3) is 1.96. The Labute approximate surface area is 69.6 Å². The van der Waals surface area contributed by atoms with Gasteiger partial charge in [-0.25, -0.2) is 0 Å². The minimum absolute atomic E-state index is 0.558. The maximum absolute atomic E-state index is 3.67. The molecule has 1 N–H and O–H groups in total. The van der Waals surface area contributed by atoms with Crippen molar-refractivity contribution < 1.29 is 0 Å². The Morgan fingerprint density at radius 2 is 1.91 bits per heavy atom. The van der Waals surface area contributed by atoms with E-state index in [4.69, 9.17) is 0 Å². The molecule has 0 aromatic carbocycles. The molecule has 2 aliphatic carbocycles. The van der Waals surface area contributed by atoms with E-state index in [1.54, 1.807) is 0 Å². The van der Waals surface area contributed by atoms with Crippen LogP contribution in [0.4, 0.5) is 0 Å². The summed E-state index contributed by atoms with van der Waals surface area (Å²) in [5, 5.41) is 3.67. The van der Waals surface area contributed by atoms with Crippen molar-refractivity contribution in [3.05, 3.63) is 0 Å². The van der Waals surface area contributed by atoms with E-state index >= 15 is 0 Å². The summed E-state index contributed by atoms with van der Waals surface area (Å²) in [6.45, 7) is 3.64. The van der Waals surface area contributed by atoms with Crippen molar-refractivity contribution in [3.8, 4) is 0 Å². The Bertz CT molecular complexity index is 132. The Balaban J connectivity index is 1.65. The highest BCUT2D eigenvalue weighted by Gasteiger charge is 2.36. The van der Waals surface area contributed by atoms with Gasteiger partial charge in [-0.1, -0.05) is 12.8 Å². The summed E-state index contributed by atoms with van der Waals surface area (Å²) in [4.78, 5) is 0. The molecule has 2 rings (SSSR count). The van der Waals surface area contributed by atoms with Crippen molar-refractivity contribution in [1.82, 2.24) is 5.32 Å². The molecular formula is C10H19N. The first kappa shape index (κ1) is 7.60. The van der Waals surface area contributed by atoms with E-state index in [1.165, 1.54) is 45.1 Å². The average molecular weight is 153 g/mol. The lowest BCUT2D eigenvalue weighted by Gasteiger charge is -2.15. The summed E-state index contributed by atoms with van der Waals surface area (Å²) in [7, 11) is 0. The summed E-state index contributed by atoms with van der Waals surface area (Å²) < 4.78 is 0. The molecule has 0 aromatic rings. The van der Waals surface area contributed by atoms with E-state index in [0.29, 0.717) is 5.54 Å². The Morgan fingerprint density at radius 3 is 2.45 bits per heavy atom. The van der Waals surface area contributed by atoms with Gasteiger partial charge in [-0.05, 0) is 45.1 Å². The predicted octanol–water partition coefficient (Wildman–Crippen LogP) is 2.32. The molecule has 0 atom stereocenters. The van der Waals surface area contributed by atoms with Gasteiger partial charge in [0.05, 0.1) is 0 Å². The lowest BCUT2D eigenvalue weighted by Crippen LogP contribution is -2.31. The fraction of sp³-hybridized carbons (Fsp3) is 1.00. The second-order valence-corrected chi connectivity index (χ2v) is 4.59. The molecule has 0 amide bonds. The van der Waals surface area contributed by atoms with E-state index in [0.717, 1.165) is 5.92 Å². The number of nitrogens with one attached hydrogen (secondary N) is 1. The zero-order valence-electron chi connectivity index (χ0n) is 7.53. The van der Waals surface area contributed by atoms with Crippen LogP contribution in [0.1, 0.15) is 45.4 Å². The molecule has 2 aliphatic rings. The molecule has 0 spiro atoms. The van der Waals surface area contributed by atoms with Gasteiger partial charge in [0.15, 0.2) is 0 Å². The van der Waals surface area contributed by atoms with Crippen LogP contribution in [0, 0.1) is 5.92 Å². The molecule has 0 aromatic heterocycles. The van der Waals surface area contributed by atoms with Gasteiger partial charge in [-0.3, -0.25) is 0 Å². The van der Waals surface area contributed by atoms with Crippen LogP contribution in [0.15, 0.2) is 0 Å². The highest BCUT2D eigenvalue weighted by atomic mass is 15.0. The van der Waals surface area contributed by atoms with Crippen LogP contribution in [0.25, 0.3) is 0 Å². The largest absolute Gasteiger partial charge is 0.311 e. The highest BCUT2D eigenvalue weighted by molar-refractivity contribution is 4.97. The zero-order valence-corrected chi connectivity index (χ0v) is 7.53. The summed E-state index contributed by atoms with van der Waals surface area (Å²) >= 11 is 0. The average Bonchev–Trinajstić information content (AvgIpc) is 2.53. The van der Waals surface area contributed by atoms with Gasteiger partial charge in [0.2, 0.25) is 0 Å². The summed E-state index contributed by atoms with van der Waals surface area (Å²) in [6, 6.07) is 0.